The number of methoxy groups -OCH3 is 1. The highest BCUT2D eigenvalue weighted by atomic mass is 16.5. The second kappa shape index (κ2) is 5.31. The largest absolute Gasteiger partial charge is 0.497 e. The minimum absolute atomic E-state index is 0.867. The Balaban J connectivity index is 1.70. The first kappa shape index (κ1) is 12.0. The molecule has 1 N–H and O–H groups in total. The first-order valence-electron chi connectivity index (χ1n) is 7.20. The van der Waals surface area contributed by atoms with Crippen LogP contribution in [0.2, 0.25) is 0 Å². The molecule has 0 spiro atoms. The van der Waals surface area contributed by atoms with Crippen LogP contribution in [0.3, 0.4) is 0 Å². The lowest BCUT2D eigenvalue weighted by atomic mass is 9.71. The maximum absolute atomic E-state index is 5.32. The van der Waals surface area contributed by atoms with Gasteiger partial charge in [0.05, 0.1) is 7.11 Å². The van der Waals surface area contributed by atoms with E-state index in [1.54, 1.807) is 7.11 Å². The Labute approximate surface area is 110 Å². The molecule has 1 aliphatic carbocycles. The van der Waals surface area contributed by atoms with Gasteiger partial charge in [-0.3, -0.25) is 0 Å². The third-order valence-corrected chi connectivity index (χ3v) is 4.78. The van der Waals surface area contributed by atoms with E-state index in [-0.39, 0.29) is 0 Å². The number of fused-ring (bicyclic) bond motifs is 1. The fourth-order valence-electron chi connectivity index (χ4n) is 3.83. The van der Waals surface area contributed by atoms with Gasteiger partial charge in [-0.05, 0) is 67.8 Å². The minimum Gasteiger partial charge on any atom is -0.497 e. The molecule has 1 aromatic carbocycles. The van der Waals surface area contributed by atoms with Gasteiger partial charge in [-0.2, -0.15) is 0 Å². The van der Waals surface area contributed by atoms with Gasteiger partial charge in [0.25, 0.3) is 0 Å². The number of benzene rings is 1. The van der Waals surface area contributed by atoms with E-state index in [4.69, 9.17) is 4.74 Å². The zero-order chi connectivity index (χ0) is 12.4. The lowest BCUT2D eigenvalue weighted by molar-refractivity contribution is 0.198. The molecule has 3 atom stereocenters. The number of rotatable bonds is 3. The van der Waals surface area contributed by atoms with Crippen LogP contribution >= 0.6 is 0 Å². The Bertz CT molecular complexity index is 404. The summed E-state index contributed by atoms with van der Waals surface area (Å²) in [4.78, 5) is 0. The van der Waals surface area contributed by atoms with Crippen molar-refractivity contribution in [2.45, 2.75) is 25.7 Å². The quantitative estimate of drug-likeness (QED) is 0.884. The first-order valence-corrected chi connectivity index (χ1v) is 7.20. The zero-order valence-corrected chi connectivity index (χ0v) is 11.2. The molecule has 0 amide bonds. The summed E-state index contributed by atoms with van der Waals surface area (Å²) in [6.07, 6.45) is 5.48. The second-order valence-corrected chi connectivity index (χ2v) is 5.83. The van der Waals surface area contributed by atoms with Gasteiger partial charge in [0.15, 0.2) is 0 Å². The van der Waals surface area contributed by atoms with E-state index in [9.17, 15) is 0 Å². The van der Waals surface area contributed by atoms with Crippen molar-refractivity contribution in [2.75, 3.05) is 20.2 Å². The van der Waals surface area contributed by atoms with Crippen LogP contribution in [0.1, 0.15) is 24.8 Å². The molecule has 0 aromatic heterocycles. The molecule has 1 aromatic rings. The van der Waals surface area contributed by atoms with E-state index < -0.39 is 0 Å². The standard InChI is InChI=1S/C16H23NO/c1-18-15-7-2-4-12(9-15)8-13-5-3-6-14-10-17-11-16(13)14/h2,4,7,9,13-14,16-17H,3,5-6,8,10-11H2,1H3. The van der Waals surface area contributed by atoms with Crippen molar-refractivity contribution in [3.63, 3.8) is 0 Å². The topological polar surface area (TPSA) is 21.3 Å². The number of ether oxygens (including phenoxy) is 1. The number of nitrogens with one attached hydrogen (secondary N) is 1. The van der Waals surface area contributed by atoms with Crippen LogP contribution in [0, 0.1) is 17.8 Å². The molecule has 2 heteroatoms. The molecule has 3 rings (SSSR count). The summed E-state index contributed by atoms with van der Waals surface area (Å²) >= 11 is 0. The highest BCUT2D eigenvalue weighted by Crippen LogP contribution is 2.38. The Kier molecular flexibility index (Phi) is 3.55. The molecule has 2 fully saturated rings. The molecular weight excluding hydrogens is 222 g/mol. The van der Waals surface area contributed by atoms with Crippen LogP contribution in [0.15, 0.2) is 24.3 Å². The maximum atomic E-state index is 5.32. The first-order chi connectivity index (χ1) is 8.86. The van der Waals surface area contributed by atoms with Crippen LogP contribution < -0.4 is 10.1 Å². The van der Waals surface area contributed by atoms with Gasteiger partial charge in [0, 0.05) is 0 Å². The van der Waals surface area contributed by atoms with E-state index in [2.05, 4.69) is 23.5 Å². The predicted molar refractivity (Wildman–Crippen MR) is 73.9 cm³/mol. The van der Waals surface area contributed by atoms with Gasteiger partial charge in [0.2, 0.25) is 0 Å². The van der Waals surface area contributed by atoms with Crippen molar-refractivity contribution in [2.24, 2.45) is 17.8 Å². The monoisotopic (exact) mass is 245 g/mol. The molecule has 18 heavy (non-hydrogen) atoms. The van der Waals surface area contributed by atoms with Gasteiger partial charge in [-0.25, -0.2) is 0 Å². The van der Waals surface area contributed by atoms with Crippen molar-refractivity contribution >= 4 is 0 Å². The lowest BCUT2D eigenvalue weighted by Gasteiger charge is -2.33. The highest BCUT2D eigenvalue weighted by molar-refractivity contribution is 5.28. The third-order valence-electron chi connectivity index (χ3n) is 4.78. The van der Waals surface area contributed by atoms with Crippen LogP contribution in [0.4, 0.5) is 0 Å². The van der Waals surface area contributed by atoms with Crippen LogP contribution in [-0.4, -0.2) is 20.2 Å². The highest BCUT2D eigenvalue weighted by Gasteiger charge is 2.36. The summed E-state index contributed by atoms with van der Waals surface area (Å²) in [5.74, 6) is 3.70. The molecule has 3 unspecified atom stereocenters. The van der Waals surface area contributed by atoms with E-state index >= 15 is 0 Å². The normalized spacial score (nSPS) is 31.1. The summed E-state index contributed by atoms with van der Waals surface area (Å²) in [5.41, 5.74) is 1.44. The van der Waals surface area contributed by atoms with E-state index in [0.29, 0.717) is 0 Å². The summed E-state index contributed by atoms with van der Waals surface area (Å²) in [6.45, 7) is 2.48. The molecule has 2 nitrogen and oxygen atoms in total. The molecule has 1 aliphatic heterocycles. The molecule has 1 saturated carbocycles. The number of hydrogen-bond acceptors (Lipinski definition) is 2. The smallest absolute Gasteiger partial charge is 0.119 e. The number of hydrogen-bond donors (Lipinski definition) is 1. The Morgan fingerprint density at radius 3 is 3.11 bits per heavy atom. The molecule has 1 saturated heterocycles. The summed E-state index contributed by atoms with van der Waals surface area (Å²) < 4.78 is 5.32. The van der Waals surface area contributed by atoms with Gasteiger partial charge >= 0.3 is 0 Å². The molecule has 2 aliphatic rings. The van der Waals surface area contributed by atoms with Gasteiger partial charge in [-0.1, -0.05) is 18.6 Å². The van der Waals surface area contributed by atoms with E-state index in [1.165, 1.54) is 44.3 Å². The van der Waals surface area contributed by atoms with E-state index in [0.717, 1.165) is 23.5 Å². The van der Waals surface area contributed by atoms with Crippen LogP contribution in [0.25, 0.3) is 0 Å². The van der Waals surface area contributed by atoms with Crippen molar-refractivity contribution < 1.29 is 4.74 Å². The molecule has 0 radical (unpaired) electrons. The van der Waals surface area contributed by atoms with Crippen LogP contribution in [0.5, 0.6) is 5.75 Å². The Morgan fingerprint density at radius 1 is 1.28 bits per heavy atom. The summed E-state index contributed by atoms with van der Waals surface area (Å²) in [5, 5.41) is 3.58. The molecule has 1 heterocycles. The summed E-state index contributed by atoms with van der Waals surface area (Å²) in [7, 11) is 1.75. The molecule has 98 valence electrons. The Hall–Kier alpha value is -1.02. The average Bonchev–Trinajstić information content (AvgIpc) is 2.88. The minimum atomic E-state index is 0.867. The lowest BCUT2D eigenvalue weighted by Crippen LogP contribution is -2.28. The molecule has 0 bridgehead atoms. The SMILES string of the molecule is COc1cccc(CC2CCCC3CNCC32)c1. The average molecular weight is 245 g/mol. The van der Waals surface area contributed by atoms with E-state index in [1.807, 2.05) is 6.07 Å². The van der Waals surface area contributed by atoms with Crippen molar-refractivity contribution in [3.8, 4) is 5.75 Å². The molecular formula is C16H23NO. The van der Waals surface area contributed by atoms with Crippen molar-refractivity contribution in [3.05, 3.63) is 29.8 Å². The third kappa shape index (κ3) is 2.39. The second-order valence-electron chi connectivity index (χ2n) is 5.83. The summed E-state index contributed by atoms with van der Waals surface area (Å²) in [6, 6.07) is 8.59. The van der Waals surface area contributed by atoms with Gasteiger partial charge < -0.3 is 10.1 Å². The van der Waals surface area contributed by atoms with Crippen molar-refractivity contribution in [1.82, 2.24) is 5.32 Å². The van der Waals surface area contributed by atoms with Gasteiger partial charge in [0.1, 0.15) is 5.75 Å². The van der Waals surface area contributed by atoms with Crippen molar-refractivity contribution in [1.29, 1.82) is 0 Å². The predicted octanol–water partition coefficient (Wildman–Crippen LogP) is 2.87. The Morgan fingerprint density at radius 2 is 2.22 bits per heavy atom. The fourth-order valence-corrected chi connectivity index (χ4v) is 3.83. The fraction of sp³-hybridized carbons (Fsp3) is 0.625. The van der Waals surface area contributed by atoms with Gasteiger partial charge in [-0.15, -0.1) is 0 Å². The zero-order valence-electron chi connectivity index (χ0n) is 11.2. The maximum Gasteiger partial charge on any atom is 0.119 e. The van der Waals surface area contributed by atoms with Crippen LogP contribution in [-0.2, 0) is 6.42 Å².